The summed E-state index contributed by atoms with van der Waals surface area (Å²) in [6.45, 7) is 0. The highest BCUT2D eigenvalue weighted by molar-refractivity contribution is 6.02. The minimum absolute atomic E-state index is 0.254. The Hall–Kier alpha value is -3.69. The van der Waals surface area contributed by atoms with E-state index >= 15 is 0 Å². The lowest BCUT2D eigenvalue weighted by molar-refractivity contribution is -0.138. The van der Waals surface area contributed by atoms with E-state index in [1.807, 2.05) is 17.7 Å². The van der Waals surface area contributed by atoms with Gasteiger partial charge in [0.05, 0.1) is 22.6 Å². The Kier molecular flexibility index (Phi) is 4.59. The maximum Gasteiger partial charge on any atom is 0.416 e. The fourth-order valence-electron chi connectivity index (χ4n) is 4.95. The first-order valence-corrected chi connectivity index (χ1v) is 10.4. The molecule has 0 radical (unpaired) electrons. The van der Waals surface area contributed by atoms with Gasteiger partial charge in [0.1, 0.15) is 12.2 Å². The third-order valence-corrected chi connectivity index (χ3v) is 6.66. The van der Waals surface area contributed by atoms with Crippen LogP contribution in [0.25, 0.3) is 0 Å². The highest BCUT2D eigenvalue weighted by Gasteiger charge is 2.46. The van der Waals surface area contributed by atoms with Gasteiger partial charge in [-0.2, -0.15) is 13.2 Å². The normalized spacial score (nSPS) is 19.0. The molecule has 2 heterocycles. The first-order valence-electron chi connectivity index (χ1n) is 10.4. The van der Waals surface area contributed by atoms with Crippen molar-refractivity contribution in [3.8, 4) is 0 Å². The summed E-state index contributed by atoms with van der Waals surface area (Å²) in [7, 11) is 1.85. The molecule has 5 rings (SSSR count). The van der Waals surface area contributed by atoms with Crippen LogP contribution < -0.4 is 5.32 Å². The van der Waals surface area contributed by atoms with E-state index in [2.05, 4.69) is 15.5 Å². The Morgan fingerprint density at radius 2 is 2.00 bits per heavy atom. The zero-order valence-corrected chi connectivity index (χ0v) is 17.5. The second-order valence-electron chi connectivity index (χ2n) is 8.52. The van der Waals surface area contributed by atoms with E-state index in [1.165, 1.54) is 0 Å². The van der Waals surface area contributed by atoms with E-state index in [1.54, 1.807) is 24.5 Å². The van der Waals surface area contributed by atoms with Crippen LogP contribution in [0.4, 0.5) is 13.2 Å². The van der Waals surface area contributed by atoms with Gasteiger partial charge in [0.2, 0.25) is 0 Å². The second-order valence-corrected chi connectivity index (χ2v) is 8.52. The third kappa shape index (κ3) is 3.20. The average Bonchev–Trinajstić information content (AvgIpc) is 3.30. The maximum absolute atomic E-state index is 13.9. The molecule has 1 aliphatic carbocycles. The van der Waals surface area contributed by atoms with Gasteiger partial charge >= 0.3 is 12.1 Å². The number of hydrogen-bond donors (Lipinski definition) is 2. The fraction of sp³-hybridized carbons (Fsp3) is 0.304. The van der Waals surface area contributed by atoms with Gasteiger partial charge in [0.25, 0.3) is 5.91 Å². The number of aromatic nitrogens is 3. The monoisotopic (exact) mass is 456 g/mol. The molecule has 2 aliphatic rings. The summed E-state index contributed by atoms with van der Waals surface area (Å²) in [5, 5.41) is 20.1. The Labute approximate surface area is 186 Å². The van der Waals surface area contributed by atoms with E-state index in [0.29, 0.717) is 11.6 Å². The lowest BCUT2D eigenvalue weighted by Gasteiger charge is -2.41. The van der Waals surface area contributed by atoms with Gasteiger partial charge in [-0.05, 0) is 36.1 Å². The number of alkyl halides is 3. The summed E-state index contributed by atoms with van der Waals surface area (Å²) in [5.41, 5.74) is -1.26. The molecule has 0 saturated heterocycles. The number of aromatic carboxylic acids is 1. The van der Waals surface area contributed by atoms with Gasteiger partial charge in [-0.25, -0.2) is 4.79 Å². The van der Waals surface area contributed by atoms with Gasteiger partial charge in [-0.1, -0.05) is 30.7 Å². The Morgan fingerprint density at radius 3 is 2.58 bits per heavy atom. The molecule has 1 atom stereocenters. The van der Waals surface area contributed by atoms with Crippen LogP contribution in [0.5, 0.6) is 0 Å². The first kappa shape index (κ1) is 21.2. The van der Waals surface area contributed by atoms with Crippen LogP contribution in [0.2, 0.25) is 0 Å². The molecule has 1 aromatic heterocycles. The number of rotatable bonds is 4. The van der Waals surface area contributed by atoms with E-state index in [0.717, 1.165) is 36.7 Å². The minimum Gasteiger partial charge on any atom is -0.478 e. The summed E-state index contributed by atoms with van der Waals surface area (Å²) in [5.74, 6) is -1.48. The Balaban J connectivity index is 1.65. The van der Waals surface area contributed by atoms with Crippen molar-refractivity contribution in [3.05, 3.63) is 81.9 Å². The van der Waals surface area contributed by atoms with E-state index < -0.39 is 40.6 Å². The number of amides is 1. The standard InChI is InChI=1S/C23H19F3N4O3/c1-30-11-27-29-21(30)22(6-3-7-22)14-5-2-4-12(8-14)18-17-15(19(31)28-18)9-13(20(32)33)10-16(17)23(24,25)26/h2,4-5,8-11,18H,3,6-7H2,1H3,(H,28,31)(H,32,33). The van der Waals surface area contributed by atoms with Crippen LogP contribution in [0.1, 0.15) is 74.1 Å². The lowest BCUT2D eigenvalue weighted by atomic mass is 9.63. The van der Waals surface area contributed by atoms with Crippen LogP contribution in [-0.4, -0.2) is 31.7 Å². The quantitative estimate of drug-likeness (QED) is 0.622. The van der Waals surface area contributed by atoms with E-state index in [9.17, 15) is 27.9 Å². The number of carboxylic acids is 1. The molecule has 2 aromatic carbocycles. The van der Waals surface area contributed by atoms with Gasteiger partial charge < -0.3 is 15.0 Å². The van der Waals surface area contributed by atoms with Crippen molar-refractivity contribution in [3.63, 3.8) is 0 Å². The molecular weight excluding hydrogens is 437 g/mol. The molecule has 0 spiro atoms. The number of aryl methyl sites for hydroxylation is 1. The van der Waals surface area contributed by atoms with Gasteiger partial charge in [0.15, 0.2) is 0 Å². The molecule has 3 aromatic rings. The van der Waals surface area contributed by atoms with Crippen LogP contribution in [-0.2, 0) is 18.6 Å². The summed E-state index contributed by atoms with van der Waals surface area (Å²) < 4.78 is 43.6. The number of nitrogens with one attached hydrogen (secondary N) is 1. The Morgan fingerprint density at radius 1 is 1.24 bits per heavy atom. The van der Waals surface area contributed by atoms with Crippen LogP contribution in [0.3, 0.4) is 0 Å². The van der Waals surface area contributed by atoms with Crippen molar-refractivity contribution in [2.45, 2.75) is 36.9 Å². The zero-order valence-electron chi connectivity index (χ0n) is 17.5. The molecule has 10 heteroatoms. The molecule has 1 unspecified atom stereocenters. The molecule has 1 amide bonds. The molecule has 2 N–H and O–H groups in total. The number of carboxylic acid groups (broad SMARTS) is 1. The molecule has 170 valence electrons. The Bertz CT molecular complexity index is 1290. The summed E-state index contributed by atoms with van der Waals surface area (Å²) in [6.07, 6.45) is -0.580. The maximum atomic E-state index is 13.9. The molecule has 7 nitrogen and oxygen atoms in total. The zero-order chi connectivity index (χ0) is 23.5. The lowest BCUT2D eigenvalue weighted by Crippen LogP contribution is -2.38. The summed E-state index contributed by atoms with van der Waals surface area (Å²) >= 11 is 0. The van der Waals surface area contributed by atoms with Crippen molar-refractivity contribution in [1.82, 2.24) is 20.1 Å². The summed E-state index contributed by atoms with van der Waals surface area (Å²) in [4.78, 5) is 24.0. The van der Waals surface area contributed by atoms with Gasteiger partial charge in [-0.15, -0.1) is 10.2 Å². The molecule has 1 aliphatic heterocycles. The van der Waals surface area contributed by atoms with Crippen LogP contribution in [0, 0.1) is 0 Å². The topological polar surface area (TPSA) is 97.1 Å². The third-order valence-electron chi connectivity index (χ3n) is 6.66. The number of carbonyl (C=O) groups excluding carboxylic acids is 1. The minimum atomic E-state index is -4.83. The van der Waals surface area contributed by atoms with Crippen LogP contribution >= 0.6 is 0 Å². The number of carbonyl (C=O) groups is 2. The van der Waals surface area contributed by atoms with Gasteiger partial charge in [-0.3, -0.25) is 4.79 Å². The van der Waals surface area contributed by atoms with Gasteiger partial charge in [0, 0.05) is 18.2 Å². The SMILES string of the molecule is Cn1cnnc1C1(c2cccc(C3NC(=O)c4cc(C(=O)O)cc(C(F)(F)F)c43)c2)CCC1. The number of fused-ring (bicyclic) bond motifs is 1. The van der Waals surface area contributed by atoms with Crippen LogP contribution in [0.15, 0.2) is 42.7 Å². The first-order chi connectivity index (χ1) is 15.6. The molecule has 1 fully saturated rings. The van der Waals surface area contributed by atoms with E-state index in [-0.39, 0.29) is 11.1 Å². The number of nitrogens with zero attached hydrogens (tertiary/aromatic N) is 3. The average molecular weight is 456 g/mol. The highest BCUT2D eigenvalue weighted by Crippen LogP contribution is 2.49. The van der Waals surface area contributed by atoms with E-state index in [4.69, 9.17) is 0 Å². The predicted molar refractivity (Wildman–Crippen MR) is 110 cm³/mol. The largest absolute Gasteiger partial charge is 0.478 e. The molecule has 0 bridgehead atoms. The summed E-state index contributed by atoms with van der Waals surface area (Å²) in [6, 6.07) is 7.67. The van der Waals surface area contributed by atoms with Crippen molar-refractivity contribution in [2.24, 2.45) is 7.05 Å². The highest BCUT2D eigenvalue weighted by atomic mass is 19.4. The number of halogens is 3. The van der Waals surface area contributed by atoms with Crippen molar-refractivity contribution in [2.75, 3.05) is 0 Å². The predicted octanol–water partition coefficient (Wildman–Crippen LogP) is 3.83. The molecule has 1 saturated carbocycles. The molecular formula is C23H19F3N4O3. The molecule has 33 heavy (non-hydrogen) atoms. The number of hydrogen-bond acceptors (Lipinski definition) is 4. The van der Waals surface area contributed by atoms with Crippen molar-refractivity contribution >= 4 is 11.9 Å². The fourth-order valence-corrected chi connectivity index (χ4v) is 4.95. The second kappa shape index (κ2) is 7.16. The van der Waals surface area contributed by atoms with Crippen molar-refractivity contribution in [1.29, 1.82) is 0 Å². The number of benzene rings is 2. The smallest absolute Gasteiger partial charge is 0.416 e. The van der Waals surface area contributed by atoms with Crippen molar-refractivity contribution < 1.29 is 27.9 Å².